The van der Waals surface area contributed by atoms with Crippen LogP contribution in [0.5, 0.6) is 0 Å². The van der Waals surface area contributed by atoms with Crippen molar-refractivity contribution < 1.29 is 0 Å². The van der Waals surface area contributed by atoms with E-state index in [1.165, 1.54) is 0 Å². The highest BCUT2D eigenvalue weighted by Gasteiger charge is 2.09. The molecule has 0 atom stereocenters. The van der Waals surface area contributed by atoms with Crippen LogP contribution in [0.1, 0.15) is 17.8 Å². The first kappa shape index (κ1) is 12.5. The van der Waals surface area contributed by atoms with Gasteiger partial charge < -0.3 is 10.7 Å². The molecule has 4 heteroatoms. The minimum Gasteiger partial charge on any atom is -0.330 e. The Bertz CT molecular complexity index is 575. The lowest BCUT2D eigenvalue weighted by Crippen LogP contribution is -2.17. The van der Waals surface area contributed by atoms with Crippen molar-refractivity contribution in [1.82, 2.24) is 9.97 Å². The van der Waals surface area contributed by atoms with Gasteiger partial charge in [0.05, 0.1) is 5.69 Å². The summed E-state index contributed by atoms with van der Waals surface area (Å²) in [6, 6.07) is 9.75. The lowest BCUT2D eigenvalue weighted by atomic mass is 10.1. The third-order valence-corrected chi connectivity index (χ3v) is 2.87. The minimum atomic E-state index is -0.0733. The van der Waals surface area contributed by atoms with Crippen molar-refractivity contribution in [3.8, 4) is 11.3 Å². The predicted octanol–water partition coefficient (Wildman–Crippen LogP) is 1.64. The molecule has 0 radical (unpaired) electrons. The first-order valence-electron chi connectivity index (χ1n) is 6.07. The summed E-state index contributed by atoms with van der Waals surface area (Å²) in [5.41, 5.74) is 7.77. The second-order valence-corrected chi connectivity index (χ2v) is 4.24. The third kappa shape index (κ3) is 2.65. The Hall–Kier alpha value is -1.94. The lowest BCUT2D eigenvalue weighted by molar-refractivity contribution is 0.774. The molecule has 2 aromatic rings. The largest absolute Gasteiger partial charge is 0.330 e. The van der Waals surface area contributed by atoms with E-state index < -0.39 is 0 Å². The van der Waals surface area contributed by atoms with E-state index in [1.54, 1.807) is 6.92 Å². The number of aromatic amines is 1. The van der Waals surface area contributed by atoms with Crippen molar-refractivity contribution in [2.24, 2.45) is 5.73 Å². The molecule has 0 aliphatic carbocycles. The molecule has 0 fully saturated rings. The molecule has 0 amide bonds. The summed E-state index contributed by atoms with van der Waals surface area (Å²) in [5, 5.41) is 0. The molecule has 0 spiro atoms. The number of nitrogens with one attached hydrogen (secondary N) is 1. The summed E-state index contributed by atoms with van der Waals surface area (Å²) in [6.45, 7) is 2.39. The fraction of sp³-hybridized carbons (Fsp3) is 0.286. The second-order valence-electron chi connectivity index (χ2n) is 4.24. The van der Waals surface area contributed by atoms with Crippen LogP contribution in [-0.4, -0.2) is 16.5 Å². The summed E-state index contributed by atoms with van der Waals surface area (Å²) >= 11 is 0. The maximum absolute atomic E-state index is 11.9. The van der Waals surface area contributed by atoms with Gasteiger partial charge in [0, 0.05) is 17.5 Å². The molecule has 0 saturated carbocycles. The molecule has 0 aliphatic heterocycles. The number of benzene rings is 1. The first-order valence-corrected chi connectivity index (χ1v) is 6.07. The molecule has 3 N–H and O–H groups in total. The smallest absolute Gasteiger partial charge is 0.254 e. The maximum atomic E-state index is 11.9. The van der Waals surface area contributed by atoms with Gasteiger partial charge in [-0.2, -0.15) is 0 Å². The van der Waals surface area contributed by atoms with Crippen LogP contribution in [-0.2, 0) is 6.42 Å². The van der Waals surface area contributed by atoms with E-state index in [2.05, 4.69) is 9.97 Å². The fourth-order valence-electron chi connectivity index (χ4n) is 1.84. The number of hydrogen-bond donors (Lipinski definition) is 2. The van der Waals surface area contributed by atoms with Crippen molar-refractivity contribution in [3.63, 3.8) is 0 Å². The SMILES string of the molecule is Cc1c(-c2ccccc2)nc(CCCN)[nH]c1=O. The molecular weight excluding hydrogens is 226 g/mol. The zero-order valence-corrected chi connectivity index (χ0v) is 10.4. The van der Waals surface area contributed by atoms with E-state index in [9.17, 15) is 4.79 Å². The van der Waals surface area contributed by atoms with E-state index in [4.69, 9.17) is 5.73 Å². The average Bonchev–Trinajstić information content (AvgIpc) is 2.41. The van der Waals surface area contributed by atoms with Crippen LogP contribution in [0, 0.1) is 6.92 Å². The Kier molecular flexibility index (Phi) is 3.89. The fourth-order valence-corrected chi connectivity index (χ4v) is 1.84. The van der Waals surface area contributed by atoms with Crippen molar-refractivity contribution >= 4 is 0 Å². The Morgan fingerprint density at radius 1 is 1.28 bits per heavy atom. The maximum Gasteiger partial charge on any atom is 0.254 e. The Morgan fingerprint density at radius 3 is 2.67 bits per heavy atom. The second kappa shape index (κ2) is 5.60. The highest BCUT2D eigenvalue weighted by atomic mass is 16.1. The van der Waals surface area contributed by atoms with E-state index in [0.717, 1.165) is 17.7 Å². The number of rotatable bonds is 4. The summed E-state index contributed by atoms with van der Waals surface area (Å²) in [7, 11) is 0. The summed E-state index contributed by atoms with van der Waals surface area (Å²) < 4.78 is 0. The Morgan fingerprint density at radius 2 is 2.00 bits per heavy atom. The van der Waals surface area contributed by atoms with Gasteiger partial charge >= 0.3 is 0 Å². The third-order valence-electron chi connectivity index (χ3n) is 2.87. The molecule has 4 nitrogen and oxygen atoms in total. The minimum absolute atomic E-state index is 0.0733. The van der Waals surface area contributed by atoms with E-state index in [0.29, 0.717) is 24.4 Å². The first-order chi connectivity index (χ1) is 8.72. The number of H-pyrrole nitrogens is 1. The normalized spacial score (nSPS) is 10.6. The van der Waals surface area contributed by atoms with Gasteiger partial charge in [0.2, 0.25) is 0 Å². The number of nitrogens with two attached hydrogens (primary N) is 1. The van der Waals surface area contributed by atoms with Crippen LogP contribution < -0.4 is 11.3 Å². The molecule has 0 bridgehead atoms. The van der Waals surface area contributed by atoms with Gasteiger partial charge in [-0.1, -0.05) is 30.3 Å². The summed E-state index contributed by atoms with van der Waals surface area (Å²) in [5.74, 6) is 0.704. The van der Waals surface area contributed by atoms with Crippen LogP contribution in [0.15, 0.2) is 35.1 Å². The quantitative estimate of drug-likeness (QED) is 0.857. The van der Waals surface area contributed by atoms with Gasteiger partial charge in [0.15, 0.2) is 0 Å². The van der Waals surface area contributed by atoms with E-state index in [-0.39, 0.29) is 5.56 Å². The summed E-state index contributed by atoms with van der Waals surface area (Å²) in [4.78, 5) is 19.2. The van der Waals surface area contributed by atoms with Crippen LogP contribution in [0.2, 0.25) is 0 Å². The zero-order valence-electron chi connectivity index (χ0n) is 10.4. The van der Waals surface area contributed by atoms with Crippen LogP contribution in [0.3, 0.4) is 0 Å². The standard InChI is InChI=1S/C14H17N3O/c1-10-13(11-6-3-2-4-7-11)16-12(8-5-9-15)17-14(10)18/h2-4,6-7H,5,8-9,15H2,1H3,(H,16,17,18). The van der Waals surface area contributed by atoms with Gasteiger partial charge in [-0.25, -0.2) is 4.98 Å². The summed E-state index contributed by atoms with van der Waals surface area (Å²) in [6.07, 6.45) is 1.52. The van der Waals surface area contributed by atoms with Crippen molar-refractivity contribution in [2.45, 2.75) is 19.8 Å². The molecular formula is C14H17N3O. The molecule has 2 rings (SSSR count). The zero-order chi connectivity index (χ0) is 13.0. The van der Waals surface area contributed by atoms with Gasteiger partial charge in [0.25, 0.3) is 5.56 Å². The van der Waals surface area contributed by atoms with Crippen molar-refractivity contribution in [2.75, 3.05) is 6.54 Å². The van der Waals surface area contributed by atoms with Gasteiger partial charge in [-0.3, -0.25) is 4.79 Å². The monoisotopic (exact) mass is 243 g/mol. The van der Waals surface area contributed by atoms with Crippen LogP contribution in [0.25, 0.3) is 11.3 Å². The van der Waals surface area contributed by atoms with Gasteiger partial charge in [-0.15, -0.1) is 0 Å². The molecule has 0 unspecified atom stereocenters. The van der Waals surface area contributed by atoms with Crippen molar-refractivity contribution in [3.05, 3.63) is 52.1 Å². The van der Waals surface area contributed by atoms with Crippen LogP contribution >= 0.6 is 0 Å². The Balaban J connectivity index is 2.46. The predicted molar refractivity (Wildman–Crippen MR) is 72.4 cm³/mol. The molecule has 0 saturated heterocycles. The highest BCUT2D eigenvalue weighted by Crippen LogP contribution is 2.18. The van der Waals surface area contributed by atoms with Crippen molar-refractivity contribution in [1.29, 1.82) is 0 Å². The molecule has 1 aromatic carbocycles. The Labute approximate surface area is 106 Å². The molecule has 1 heterocycles. The van der Waals surface area contributed by atoms with Crippen LogP contribution in [0.4, 0.5) is 0 Å². The number of nitrogens with zero attached hydrogens (tertiary/aromatic N) is 1. The van der Waals surface area contributed by atoms with Gasteiger partial charge in [-0.05, 0) is 19.9 Å². The molecule has 1 aromatic heterocycles. The molecule has 0 aliphatic rings. The number of hydrogen-bond acceptors (Lipinski definition) is 3. The molecule has 94 valence electrons. The van der Waals surface area contributed by atoms with E-state index in [1.807, 2.05) is 30.3 Å². The number of aryl methyl sites for hydroxylation is 1. The van der Waals surface area contributed by atoms with E-state index >= 15 is 0 Å². The topological polar surface area (TPSA) is 71.8 Å². The molecule has 18 heavy (non-hydrogen) atoms. The van der Waals surface area contributed by atoms with Gasteiger partial charge in [0.1, 0.15) is 5.82 Å². The average molecular weight is 243 g/mol. The number of aromatic nitrogens is 2. The lowest BCUT2D eigenvalue weighted by Gasteiger charge is -2.07. The highest BCUT2D eigenvalue weighted by molar-refractivity contribution is 5.62.